The number of anilines is 2. The van der Waals surface area contributed by atoms with Crippen LogP contribution in [0.25, 0.3) is 5.78 Å². The van der Waals surface area contributed by atoms with Crippen LogP contribution in [0.4, 0.5) is 15.9 Å². The van der Waals surface area contributed by atoms with Gasteiger partial charge in [-0.05, 0) is 62.6 Å². The van der Waals surface area contributed by atoms with E-state index in [2.05, 4.69) is 61.8 Å². The van der Waals surface area contributed by atoms with E-state index in [9.17, 15) is 4.39 Å². The number of fused-ring (bicyclic) bond motifs is 1. The molecule has 1 aliphatic rings. The molecule has 2 aromatic heterocycles. The van der Waals surface area contributed by atoms with Crippen LogP contribution in [0.3, 0.4) is 0 Å². The molecule has 3 heterocycles. The molecule has 1 aliphatic heterocycles. The van der Waals surface area contributed by atoms with Crippen molar-refractivity contribution < 1.29 is 4.39 Å². The summed E-state index contributed by atoms with van der Waals surface area (Å²) < 4.78 is 15.6. The number of nitrogens with zero attached hydrogens (tertiary/aromatic N) is 6. The molecule has 2 aromatic carbocycles. The van der Waals surface area contributed by atoms with E-state index < -0.39 is 0 Å². The highest BCUT2D eigenvalue weighted by molar-refractivity contribution is 5.58. The molecule has 1 atom stereocenters. The van der Waals surface area contributed by atoms with E-state index in [0.29, 0.717) is 24.1 Å². The summed E-state index contributed by atoms with van der Waals surface area (Å²) in [4.78, 5) is 14.4. The molecule has 0 unspecified atom stereocenters. The summed E-state index contributed by atoms with van der Waals surface area (Å²) in [5.74, 6) is 2.09. The Hall–Kier alpha value is -3.48. The number of piperazine rings is 1. The maximum absolute atomic E-state index is 13.7. The van der Waals surface area contributed by atoms with Crippen molar-refractivity contribution in [2.24, 2.45) is 0 Å². The first-order chi connectivity index (χ1) is 16.4. The summed E-state index contributed by atoms with van der Waals surface area (Å²) in [7, 11) is 0. The Labute approximate surface area is 200 Å². The second-order valence-corrected chi connectivity index (χ2v) is 9.23. The van der Waals surface area contributed by atoms with E-state index in [1.165, 1.54) is 28.9 Å². The van der Waals surface area contributed by atoms with Crippen LogP contribution in [0.5, 0.6) is 0 Å². The summed E-state index contributed by atoms with van der Waals surface area (Å²) in [6.07, 6.45) is 1.34. The molecule has 0 saturated carbocycles. The fourth-order valence-electron chi connectivity index (χ4n) is 5.05. The van der Waals surface area contributed by atoms with Crippen LogP contribution < -0.4 is 9.80 Å². The molecule has 1 fully saturated rings. The van der Waals surface area contributed by atoms with Crippen molar-refractivity contribution in [2.45, 2.75) is 46.6 Å². The fourth-order valence-corrected chi connectivity index (χ4v) is 5.05. The second-order valence-electron chi connectivity index (χ2n) is 9.23. The molecule has 0 amide bonds. The van der Waals surface area contributed by atoms with Gasteiger partial charge in [0.25, 0.3) is 5.78 Å². The van der Waals surface area contributed by atoms with Gasteiger partial charge >= 0.3 is 0 Å². The molecular weight excluding hydrogens is 427 g/mol. The quantitative estimate of drug-likeness (QED) is 0.432. The molecule has 0 bridgehead atoms. The van der Waals surface area contributed by atoms with E-state index in [4.69, 9.17) is 15.1 Å². The summed E-state index contributed by atoms with van der Waals surface area (Å²) in [6.45, 7) is 11.3. The molecule has 0 radical (unpaired) electrons. The van der Waals surface area contributed by atoms with Gasteiger partial charge in [-0.1, -0.05) is 31.2 Å². The predicted octanol–water partition coefficient (Wildman–Crippen LogP) is 4.75. The number of rotatable bonds is 5. The molecule has 176 valence electrons. The van der Waals surface area contributed by atoms with Crippen molar-refractivity contribution in [1.29, 1.82) is 0 Å². The number of aromatic nitrogens is 4. The van der Waals surface area contributed by atoms with Gasteiger partial charge in [0.2, 0.25) is 0 Å². The minimum absolute atomic E-state index is 0.246. The Morgan fingerprint density at radius 1 is 1.03 bits per heavy atom. The minimum atomic E-state index is -0.246. The van der Waals surface area contributed by atoms with Gasteiger partial charge in [-0.25, -0.2) is 9.37 Å². The minimum Gasteiger partial charge on any atom is -0.365 e. The van der Waals surface area contributed by atoms with Crippen molar-refractivity contribution in [3.8, 4) is 0 Å². The Bertz CT molecular complexity index is 1330. The van der Waals surface area contributed by atoms with Gasteiger partial charge in [-0.15, -0.1) is 5.10 Å². The van der Waals surface area contributed by atoms with Gasteiger partial charge in [-0.3, -0.25) is 0 Å². The smallest absolute Gasteiger partial charge is 0.254 e. The van der Waals surface area contributed by atoms with E-state index in [1.54, 1.807) is 6.07 Å². The first-order valence-electron chi connectivity index (χ1n) is 12.0. The predicted molar refractivity (Wildman–Crippen MR) is 134 cm³/mol. The third-order valence-electron chi connectivity index (χ3n) is 6.67. The SMILES string of the molecule is CCc1c(C)nc2nc(Cc3cccc(F)c3)nn2c1N1CCN(c2cccc(C)c2)[C@@H](C)C1. The average molecular weight is 459 g/mol. The highest BCUT2D eigenvalue weighted by Crippen LogP contribution is 2.29. The fraction of sp³-hybridized carbons (Fsp3) is 0.370. The Kier molecular flexibility index (Phi) is 5.94. The van der Waals surface area contributed by atoms with Crippen molar-refractivity contribution >= 4 is 17.3 Å². The van der Waals surface area contributed by atoms with Gasteiger partial charge < -0.3 is 9.80 Å². The van der Waals surface area contributed by atoms with Crippen molar-refractivity contribution in [3.63, 3.8) is 0 Å². The Morgan fingerprint density at radius 2 is 1.85 bits per heavy atom. The monoisotopic (exact) mass is 458 g/mol. The van der Waals surface area contributed by atoms with Crippen LogP contribution in [-0.2, 0) is 12.8 Å². The van der Waals surface area contributed by atoms with Crippen LogP contribution in [0.2, 0.25) is 0 Å². The molecule has 0 spiro atoms. The lowest BCUT2D eigenvalue weighted by Gasteiger charge is -2.42. The van der Waals surface area contributed by atoms with Crippen molar-refractivity contribution in [1.82, 2.24) is 19.6 Å². The average Bonchev–Trinajstić information content (AvgIpc) is 3.19. The summed E-state index contributed by atoms with van der Waals surface area (Å²) in [5, 5.41) is 4.84. The third-order valence-corrected chi connectivity index (χ3v) is 6.67. The lowest BCUT2D eigenvalue weighted by atomic mass is 10.1. The van der Waals surface area contributed by atoms with Crippen LogP contribution in [0.1, 0.15) is 42.1 Å². The standard InChI is InChI=1S/C27H31FN6/c1-5-24-20(4)29-27-30-25(16-21-9-7-10-22(28)15-21)31-34(27)26(24)32-12-13-33(19(3)17-32)23-11-6-8-18(2)14-23/h6-11,14-15,19H,5,12-13,16-17H2,1-4H3/t19-/m0/s1. The molecular formula is C27H31FN6. The number of benzene rings is 2. The molecule has 5 rings (SSSR count). The van der Waals surface area contributed by atoms with Crippen LogP contribution >= 0.6 is 0 Å². The largest absolute Gasteiger partial charge is 0.365 e. The van der Waals surface area contributed by atoms with E-state index in [0.717, 1.165) is 43.1 Å². The first-order valence-corrected chi connectivity index (χ1v) is 12.0. The van der Waals surface area contributed by atoms with Crippen LogP contribution in [0, 0.1) is 19.7 Å². The summed E-state index contributed by atoms with van der Waals surface area (Å²) in [5.41, 5.74) is 5.59. The molecule has 0 aliphatic carbocycles. The van der Waals surface area contributed by atoms with E-state index >= 15 is 0 Å². The van der Waals surface area contributed by atoms with Crippen LogP contribution in [-0.4, -0.2) is 45.3 Å². The summed E-state index contributed by atoms with van der Waals surface area (Å²) in [6, 6.07) is 15.7. The Balaban J connectivity index is 1.49. The Morgan fingerprint density at radius 3 is 2.59 bits per heavy atom. The molecule has 1 saturated heterocycles. The molecule has 4 aromatic rings. The normalized spacial score (nSPS) is 16.4. The summed E-state index contributed by atoms with van der Waals surface area (Å²) >= 11 is 0. The highest BCUT2D eigenvalue weighted by Gasteiger charge is 2.28. The topological polar surface area (TPSA) is 49.6 Å². The maximum Gasteiger partial charge on any atom is 0.254 e. The van der Waals surface area contributed by atoms with Crippen molar-refractivity contribution in [3.05, 3.63) is 82.6 Å². The zero-order valence-electron chi connectivity index (χ0n) is 20.3. The van der Waals surface area contributed by atoms with Crippen molar-refractivity contribution in [2.75, 3.05) is 29.4 Å². The zero-order valence-corrected chi connectivity index (χ0v) is 20.3. The van der Waals surface area contributed by atoms with Gasteiger partial charge in [-0.2, -0.15) is 9.50 Å². The zero-order chi connectivity index (χ0) is 23.8. The number of hydrogen-bond acceptors (Lipinski definition) is 5. The number of aryl methyl sites for hydroxylation is 2. The molecule has 6 nitrogen and oxygen atoms in total. The first kappa shape index (κ1) is 22.3. The van der Waals surface area contributed by atoms with E-state index in [1.807, 2.05) is 10.6 Å². The van der Waals surface area contributed by atoms with Gasteiger partial charge in [0.05, 0.1) is 0 Å². The lowest BCUT2D eigenvalue weighted by Crippen LogP contribution is -2.53. The van der Waals surface area contributed by atoms with Gasteiger partial charge in [0.15, 0.2) is 5.82 Å². The van der Waals surface area contributed by atoms with E-state index in [-0.39, 0.29) is 5.82 Å². The number of hydrogen-bond donors (Lipinski definition) is 0. The molecule has 7 heteroatoms. The second kappa shape index (κ2) is 9.05. The number of halogens is 1. The third kappa shape index (κ3) is 4.22. The van der Waals surface area contributed by atoms with Crippen LogP contribution in [0.15, 0.2) is 48.5 Å². The highest BCUT2D eigenvalue weighted by atomic mass is 19.1. The molecule has 0 N–H and O–H groups in total. The van der Waals surface area contributed by atoms with Gasteiger partial charge in [0.1, 0.15) is 11.6 Å². The lowest BCUT2D eigenvalue weighted by molar-refractivity contribution is 0.541. The molecule has 34 heavy (non-hydrogen) atoms. The maximum atomic E-state index is 13.7. The van der Waals surface area contributed by atoms with Gasteiger partial charge in [0, 0.05) is 49.0 Å².